The Bertz CT molecular complexity index is 100. The number of aliphatic carboxylic acids is 1. The van der Waals surface area contributed by atoms with Crippen LogP contribution >= 0.6 is 11.8 Å². The lowest BCUT2D eigenvalue weighted by molar-refractivity contribution is -0.135. The van der Waals surface area contributed by atoms with Crippen LogP contribution < -0.4 is 5.32 Å². The highest BCUT2D eigenvalue weighted by Gasteiger charge is 2.22. The van der Waals surface area contributed by atoms with Crippen LogP contribution in [0, 0.1) is 6.04 Å². The van der Waals surface area contributed by atoms with Crippen molar-refractivity contribution in [2.45, 2.75) is 0 Å². The highest BCUT2D eigenvalue weighted by atomic mass is 32.2. The summed E-state index contributed by atoms with van der Waals surface area (Å²) in [6.07, 6.45) is 0. The maximum atomic E-state index is 10.1. The fourth-order valence-corrected chi connectivity index (χ4v) is 1.29. The molecule has 0 saturated carbocycles. The first-order chi connectivity index (χ1) is 3.80. The van der Waals surface area contributed by atoms with E-state index in [4.69, 9.17) is 5.11 Å². The molecule has 0 spiro atoms. The molecule has 1 rings (SSSR count). The summed E-state index contributed by atoms with van der Waals surface area (Å²) in [4.78, 5) is 10.1. The first kappa shape index (κ1) is 5.91. The predicted molar refractivity (Wildman–Crippen MR) is 31.3 cm³/mol. The molecule has 0 unspecified atom stereocenters. The molecule has 8 heavy (non-hydrogen) atoms. The van der Waals surface area contributed by atoms with E-state index in [-0.39, 0.29) is 0 Å². The lowest BCUT2D eigenvalue weighted by Gasteiger charge is -1.96. The fourth-order valence-electron chi connectivity index (χ4n) is 0.480. The highest BCUT2D eigenvalue weighted by Crippen LogP contribution is 2.14. The Hall–Kier alpha value is -0.220. The summed E-state index contributed by atoms with van der Waals surface area (Å²) in [7, 11) is 0. The van der Waals surface area contributed by atoms with E-state index in [0.29, 0.717) is 11.8 Å². The lowest BCUT2D eigenvalue weighted by Crippen LogP contribution is -2.23. The molecule has 0 aromatic carbocycles. The Kier molecular flexibility index (Phi) is 1.75. The normalized spacial score (nSPS) is 21.5. The monoisotopic (exact) mass is 132 g/mol. The quantitative estimate of drug-likeness (QED) is 0.523. The number of hydrogen-bond donors (Lipinski definition) is 2. The molecule has 3 nitrogen and oxygen atoms in total. The van der Waals surface area contributed by atoms with Gasteiger partial charge in [0.2, 0.25) is 0 Å². The van der Waals surface area contributed by atoms with Crippen molar-refractivity contribution in [1.29, 1.82) is 0 Å². The Balaban J connectivity index is 2.35. The number of carbonyl (C=O) groups is 1. The van der Waals surface area contributed by atoms with Gasteiger partial charge in [-0.3, -0.25) is 10.1 Å². The van der Waals surface area contributed by atoms with Gasteiger partial charge in [-0.2, -0.15) is 0 Å². The molecule has 0 aromatic rings. The van der Waals surface area contributed by atoms with Crippen molar-refractivity contribution in [2.75, 3.05) is 11.6 Å². The summed E-state index contributed by atoms with van der Waals surface area (Å²) < 4.78 is 0. The molecule has 0 atom stereocenters. The zero-order valence-electron chi connectivity index (χ0n) is 4.18. The molecule has 1 aliphatic heterocycles. The van der Waals surface area contributed by atoms with Crippen LogP contribution in [-0.4, -0.2) is 22.7 Å². The van der Waals surface area contributed by atoms with Crippen molar-refractivity contribution in [3.63, 3.8) is 0 Å². The molecule has 1 aliphatic rings. The van der Waals surface area contributed by atoms with Crippen molar-refractivity contribution in [2.24, 2.45) is 0 Å². The highest BCUT2D eigenvalue weighted by molar-refractivity contribution is 7.99. The third-order valence-corrected chi connectivity index (χ3v) is 1.73. The molecular weight excluding hydrogens is 126 g/mol. The van der Waals surface area contributed by atoms with Crippen LogP contribution in [0.3, 0.4) is 0 Å². The third kappa shape index (κ3) is 1.14. The van der Waals surface area contributed by atoms with E-state index in [1.807, 2.05) is 0 Å². The fraction of sp³-hybridized carbons (Fsp3) is 0.500. The standard InChI is InChI=1S/C4H6NO2S/c6-4(7)3-1-8-2-5-3/h5H,1-2H2,(H,6,7). The molecule has 4 heteroatoms. The average molecular weight is 132 g/mol. The minimum Gasteiger partial charge on any atom is -0.480 e. The van der Waals surface area contributed by atoms with E-state index in [1.165, 1.54) is 0 Å². The maximum Gasteiger partial charge on any atom is 0.327 e. The maximum absolute atomic E-state index is 10.1. The first-order valence-corrected chi connectivity index (χ1v) is 3.37. The Morgan fingerprint density at radius 2 is 2.62 bits per heavy atom. The van der Waals surface area contributed by atoms with Crippen molar-refractivity contribution in [3.05, 3.63) is 6.04 Å². The van der Waals surface area contributed by atoms with Gasteiger partial charge >= 0.3 is 5.97 Å². The van der Waals surface area contributed by atoms with Crippen molar-refractivity contribution in [3.8, 4) is 0 Å². The number of thioether (sulfide) groups is 1. The summed E-state index contributed by atoms with van der Waals surface area (Å²) in [6.45, 7) is 0. The van der Waals surface area contributed by atoms with Crippen LogP contribution in [0.4, 0.5) is 0 Å². The zero-order valence-corrected chi connectivity index (χ0v) is 4.99. The molecule has 1 fully saturated rings. The van der Waals surface area contributed by atoms with Gasteiger partial charge in [-0.1, -0.05) is 0 Å². The Morgan fingerprint density at radius 1 is 1.88 bits per heavy atom. The van der Waals surface area contributed by atoms with Gasteiger partial charge in [0.25, 0.3) is 0 Å². The second-order valence-corrected chi connectivity index (χ2v) is 2.44. The molecule has 0 aliphatic carbocycles. The van der Waals surface area contributed by atoms with Gasteiger partial charge in [0.1, 0.15) is 0 Å². The van der Waals surface area contributed by atoms with Gasteiger partial charge in [0, 0.05) is 11.6 Å². The van der Waals surface area contributed by atoms with Crippen LogP contribution in [0.15, 0.2) is 0 Å². The molecule has 1 saturated heterocycles. The summed E-state index contributed by atoms with van der Waals surface area (Å²) in [5, 5.41) is 11.0. The van der Waals surface area contributed by atoms with E-state index in [2.05, 4.69) is 5.32 Å². The average Bonchev–Trinajstić information content (AvgIpc) is 2.12. The van der Waals surface area contributed by atoms with Crippen LogP contribution in [0.25, 0.3) is 0 Å². The summed E-state index contributed by atoms with van der Waals surface area (Å²) in [6, 6.07) is 0.426. The Morgan fingerprint density at radius 3 is 2.88 bits per heavy atom. The lowest BCUT2D eigenvalue weighted by atomic mass is 10.4. The van der Waals surface area contributed by atoms with Gasteiger partial charge in [-0.25, -0.2) is 0 Å². The second-order valence-electron chi connectivity index (χ2n) is 1.45. The Labute approximate surface area is 51.5 Å². The van der Waals surface area contributed by atoms with Crippen molar-refractivity contribution in [1.82, 2.24) is 5.32 Å². The predicted octanol–water partition coefficient (Wildman–Crippen LogP) is -0.103. The molecule has 0 aromatic heterocycles. The third-order valence-electron chi connectivity index (χ3n) is 0.892. The van der Waals surface area contributed by atoms with Crippen molar-refractivity contribution < 1.29 is 9.90 Å². The summed E-state index contributed by atoms with van der Waals surface area (Å²) >= 11 is 1.58. The topological polar surface area (TPSA) is 49.3 Å². The molecule has 2 N–H and O–H groups in total. The van der Waals surface area contributed by atoms with Crippen LogP contribution in [0.2, 0.25) is 0 Å². The molecule has 1 radical (unpaired) electrons. The largest absolute Gasteiger partial charge is 0.480 e. The van der Waals surface area contributed by atoms with Gasteiger partial charge < -0.3 is 5.11 Å². The van der Waals surface area contributed by atoms with Crippen LogP contribution in [-0.2, 0) is 4.79 Å². The number of carboxylic acids is 1. The van der Waals surface area contributed by atoms with Gasteiger partial charge in [-0.15, -0.1) is 11.8 Å². The van der Waals surface area contributed by atoms with Gasteiger partial charge in [0.15, 0.2) is 6.04 Å². The minimum absolute atomic E-state index is 0.426. The molecular formula is C4H6NO2S. The smallest absolute Gasteiger partial charge is 0.327 e. The SMILES string of the molecule is O=C(O)[C]1CSCN1. The molecule has 1 heterocycles. The van der Waals surface area contributed by atoms with Crippen LogP contribution in [0.5, 0.6) is 0 Å². The minimum atomic E-state index is -0.824. The van der Waals surface area contributed by atoms with Gasteiger partial charge in [-0.05, 0) is 0 Å². The van der Waals surface area contributed by atoms with E-state index >= 15 is 0 Å². The number of hydrogen-bond acceptors (Lipinski definition) is 3. The summed E-state index contributed by atoms with van der Waals surface area (Å²) in [5.41, 5.74) is 0. The van der Waals surface area contributed by atoms with Crippen LogP contribution in [0.1, 0.15) is 0 Å². The first-order valence-electron chi connectivity index (χ1n) is 2.21. The van der Waals surface area contributed by atoms with Crippen molar-refractivity contribution >= 4 is 17.7 Å². The van der Waals surface area contributed by atoms with E-state index in [0.717, 1.165) is 5.88 Å². The van der Waals surface area contributed by atoms with E-state index in [1.54, 1.807) is 11.8 Å². The number of nitrogens with one attached hydrogen (secondary N) is 1. The van der Waals surface area contributed by atoms with E-state index in [9.17, 15) is 4.79 Å². The zero-order chi connectivity index (χ0) is 5.98. The molecule has 45 valence electrons. The number of rotatable bonds is 1. The van der Waals surface area contributed by atoms with Gasteiger partial charge in [0.05, 0.1) is 0 Å². The molecule has 0 bridgehead atoms. The second kappa shape index (κ2) is 2.37. The van der Waals surface area contributed by atoms with E-state index < -0.39 is 5.97 Å². The molecule has 0 amide bonds. The number of carboxylic acid groups (broad SMARTS) is 1. The summed E-state index contributed by atoms with van der Waals surface area (Å²) in [5.74, 6) is 0.534.